The predicted octanol–water partition coefficient (Wildman–Crippen LogP) is 0.764. The molecule has 1 heterocycles. The van der Waals surface area contributed by atoms with E-state index in [0.29, 0.717) is 5.69 Å². The van der Waals surface area contributed by atoms with Crippen molar-refractivity contribution >= 4 is 0 Å². The van der Waals surface area contributed by atoms with Gasteiger partial charge in [-0.1, -0.05) is 5.11 Å². The Morgan fingerprint density at radius 2 is 2.67 bits per heavy atom. The molecule has 1 aromatic heterocycles. The number of imidazole rings is 1. The molecule has 0 aliphatic carbocycles. The number of hydrogen-bond acceptors (Lipinski definition) is 3. The van der Waals surface area contributed by atoms with Gasteiger partial charge in [-0.2, -0.15) is 0 Å². The monoisotopic (exact) mass is 167 g/mol. The van der Waals surface area contributed by atoms with Crippen LogP contribution in [0.4, 0.5) is 0 Å². The molecule has 64 valence electrons. The fourth-order valence-corrected chi connectivity index (χ4v) is 0.812. The van der Waals surface area contributed by atoms with Crippen molar-refractivity contribution in [1.82, 2.24) is 9.55 Å². The van der Waals surface area contributed by atoms with E-state index in [1.807, 2.05) is 0 Å². The van der Waals surface area contributed by atoms with Crippen LogP contribution in [-0.4, -0.2) is 21.2 Å². The Bertz CT molecular complexity index is 301. The van der Waals surface area contributed by atoms with Crippen LogP contribution in [0.2, 0.25) is 0 Å². The highest BCUT2D eigenvalue weighted by Crippen LogP contribution is 2.08. The molecule has 6 nitrogen and oxygen atoms in total. The van der Waals surface area contributed by atoms with E-state index in [-0.39, 0.29) is 6.54 Å². The molecule has 0 fully saturated rings. The lowest BCUT2D eigenvalue weighted by atomic mass is 10.3. The van der Waals surface area contributed by atoms with Gasteiger partial charge in [0.05, 0.1) is 18.6 Å². The van der Waals surface area contributed by atoms with E-state index in [9.17, 15) is 5.11 Å². The number of aromatic nitrogens is 2. The first-order valence-electron chi connectivity index (χ1n) is 3.41. The molecular weight excluding hydrogens is 158 g/mol. The van der Waals surface area contributed by atoms with Crippen molar-refractivity contribution in [2.24, 2.45) is 12.2 Å². The third-order valence-corrected chi connectivity index (χ3v) is 1.38. The van der Waals surface area contributed by atoms with Crippen molar-refractivity contribution < 1.29 is 5.11 Å². The van der Waals surface area contributed by atoms with Crippen LogP contribution in [0, 0.1) is 0 Å². The van der Waals surface area contributed by atoms with E-state index < -0.39 is 6.10 Å². The molecule has 0 aromatic carbocycles. The minimum Gasteiger partial charge on any atom is -0.387 e. The minimum absolute atomic E-state index is 0.0213. The fourth-order valence-electron chi connectivity index (χ4n) is 0.812. The summed E-state index contributed by atoms with van der Waals surface area (Å²) in [6, 6.07) is 0. The first-order chi connectivity index (χ1) is 5.74. The number of nitrogens with zero attached hydrogens (tertiary/aromatic N) is 5. The first kappa shape index (κ1) is 8.58. The van der Waals surface area contributed by atoms with Gasteiger partial charge in [0.15, 0.2) is 0 Å². The summed E-state index contributed by atoms with van der Waals surface area (Å²) < 4.78 is 1.72. The van der Waals surface area contributed by atoms with Gasteiger partial charge < -0.3 is 9.67 Å². The molecule has 1 N–H and O–H groups in total. The number of aliphatic hydroxyl groups excluding tert-OH is 1. The third-order valence-electron chi connectivity index (χ3n) is 1.38. The molecule has 0 spiro atoms. The maximum absolute atomic E-state index is 9.32. The van der Waals surface area contributed by atoms with Crippen LogP contribution in [-0.2, 0) is 7.05 Å². The highest BCUT2D eigenvalue weighted by Gasteiger charge is 2.07. The van der Waals surface area contributed by atoms with Crippen molar-refractivity contribution in [2.75, 3.05) is 6.54 Å². The van der Waals surface area contributed by atoms with Gasteiger partial charge in [-0.15, -0.1) is 0 Å². The van der Waals surface area contributed by atoms with E-state index in [1.54, 1.807) is 24.1 Å². The normalized spacial score (nSPS) is 12.2. The number of hydrogen-bond donors (Lipinski definition) is 1. The molecule has 0 aliphatic heterocycles. The van der Waals surface area contributed by atoms with E-state index in [1.165, 1.54) is 0 Å². The molecule has 1 atom stereocenters. The maximum atomic E-state index is 9.32. The highest BCUT2D eigenvalue weighted by molar-refractivity contribution is 5.00. The van der Waals surface area contributed by atoms with Gasteiger partial charge in [-0.3, -0.25) is 0 Å². The molecule has 0 amide bonds. The summed E-state index contributed by atoms with van der Waals surface area (Å²) in [5, 5.41) is 12.6. The zero-order valence-corrected chi connectivity index (χ0v) is 6.62. The van der Waals surface area contributed by atoms with E-state index in [0.717, 1.165) is 0 Å². The smallest absolute Gasteiger partial charge is 0.103 e. The van der Waals surface area contributed by atoms with Crippen LogP contribution < -0.4 is 0 Å². The molecule has 0 bridgehead atoms. The zero-order chi connectivity index (χ0) is 8.97. The summed E-state index contributed by atoms with van der Waals surface area (Å²) in [6.07, 6.45) is 2.45. The van der Waals surface area contributed by atoms with Gasteiger partial charge in [-0.05, 0) is 5.53 Å². The molecule has 0 aliphatic rings. The summed E-state index contributed by atoms with van der Waals surface area (Å²) in [5.41, 5.74) is 8.51. The molecule has 1 aromatic rings. The van der Waals surface area contributed by atoms with Crippen LogP contribution in [0.1, 0.15) is 11.8 Å². The average Bonchev–Trinajstić information content (AvgIpc) is 2.47. The van der Waals surface area contributed by atoms with Gasteiger partial charge in [0, 0.05) is 18.2 Å². The molecule has 0 saturated carbocycles. The topological polar surface area (TPSA) is 86.8 Å². The van der Waals surface area contributed by atoms with E-state index in [4.69, 9.17) is 5.53 Å². The summed E-state index contributed by atoms with van der Waals surface area (Å²) in [5.74, 6) is 0. The fraction of sp³-hybridized carbons (Fsp3) is 0.500. The van der Waals surface area contributed by atoms with E-state index >= 15 is 0 Å². The molecule has 1 unspecified atom stereocenters. The molecule has 6 heteroatoms. The summed E-state index contributed by atoms with van der Waals surface area (Å²) in [7, 11) is 1.80. The predicted molar refractivity (Wildman–Crippen MR) is 42.2 cm³/mol. The quantitative estimate of drug-likeness (QED) is 0.409. The zero-order valence-electron chi connectivity index (χ0n) is 6.62. The van der Waals surface area contributed by atoms with Gasteiger partial charge in [0.2, 0.25) is 0 Å². The van der Waals surface area contributed by atoms with Gasteiger partial charge in [0.25, 0.3) is 0 Å². The number of aliphatic hydroxyl groups is 1. The van der Waals surface area contributed by atoms with Crippen molar-refractivity contribution in [2.45, 2.75) is 6.10 Å². The summed E-state index contributed by atoms with van der Waals surface area (Å²) in [4.78, 5) is 6.44. The lowest BCUT2D eigenvalue weighted by molar-refractivity contribution is 0.182. The summed E-state index contributed by atoms with van der Waals surface area (Å²) in [6.45, 7) is 0.0213. The van der Waals surface area contributed by atoms with Crippen LogP contribution in [0.25, 0.3) is 10.4 Å². The molecule has 0 radical (unpaired) electrons. The van der Waals surface area contributed by atoms with Crippen LogP contribution in [0.3, 0.4) is 0 Å². The number of rotatable bonds is 3. The minimum atomic E-state index is -0.804. The second kappa shape index (κ2) is 3.75. The van der Waals surface area contributed by atoms with Crippen molar-refractivity contribution in [3.8, 4) is 0 Å². The maximum Gasteiger partial charge on any atom is 0.103 e. The first-order valence-corrected chi connectivity index (χ1v) is 3.41. The Hall–Kier alpha value is -1.52. The Labute approximate surface area is 69.1 Å². The molecule has 0 saturated heterocycles. The lowest BCUT2D eigenvalue weighted by Gasteiger charge is -2.00. The Morgan fingerprint density at radius 1 is 1.92 bits per heavy atom. The average molecular weight is 167 g/mol. The number of azide groups is 1. The molecule has 12 heavy (non-hydrogen) atoms. The van der Waals surface area contributed by atoms with Gasteiger partial charge in [0.1, 0.15) is 6.10 Å². The largest absolute Gasteiger partial charge is 0.387 e. The Morgan fingerprint density at radius 3 is 3.17 bits per heavy atom. The standard InChI is InChI=1S/C6H9N5O/c1-11-3-5(8-4-11)6(12)2-9-10-7/h3-4,6,12H,2H2,1H3. The van der Waals surface area contributed by atoms with Crippen LogP contribution in [0.5, 0.6) is 0 Å². The van der Waals surface area contributed by atoms with Crippen LogP contribution >= 0.6 is 0 Å². The number of aryl methyl sites for hydroxylation is 1. The van der Waals surface area contributed by atoms with Gasteiger partial charge in [-0.25, -0.2) is 4.98 Å². The van der Waals surface area contributed by atoms with Crippen molar-refractivity contribution in [3.63, 3.8) is 0 Å². The molecule has 1 rings (SSSR count). The third kappa shape index (κ3) is 1.98. The lowest BCUT2D eigenvalue weighted by Crippen LogP contribution is -2.00. The van der Waals surface area contributed by atoms with E-state index in [2.05, 4.69) is 15.0 Å². The van der Waals surface area contributed by atoms with Crippen molar-refractivity contribution in [1.29, 1.82) is 0 Å². The highest BCUT2D eigenvalue weighted by atomic mass is 16.3. The van der Waals surface area contributed by atoms with Crippen molar-refractivity contribution in [3.05, 3.63) is 28.7 Å². The second-order valence-corrected chi connectivity index (χ2v) is 2.39. The Kier molecular flexibility index (Phi) is 2.68. The van der Waals surface area contributed by atoms with Gasteiger partial charge >= 0.3 is 0 Å². The van der Waals surface area contributed by atoms with Crippen LogP contribution in [0.15, 0.2) is 17.6 Å². The molecular formula is C6H9N5O. The Balaban J connectivity index is 2.64. The SMILES string of the molecule is Cn1cnc(C(O)CN=[N+]=[N-])c1. The summed E-state index contributed by atoms with van der Waals surface area (Å²) >= 11 is 0. The second-order valence-electron chi connectivity index (χ2n) is 2.39.